The highest BCUT2D eigenvalue weighted by atomic mass is 15.2. The van der Waals surface area contributed by atoms with E-state index in [4.69, 9.17) is 0 Å². The average molecular weight is 223 g/mol. The molecule has 3 saturated heterocycles. The lowest BCUT2D eigenvalue weighted by molar-refractivity contribution is -0.0334. The van der Waals surface area contributed by atoms with E-state index in [2.05, 4.69) is 22.2 Å². The van der Waals surface area contributed by atoms with Crippen molar-refractivity contribution < 1.29 is 0 Å². The van der Waals surface area contributed by atoms with Gasteiger partial charge >= 0.3 is 0 Å². The Morgan fingerprint density at radius 3 is 2.56 bits per heavy atom. The van der Waals surface area contributed by atoms with Gasteiger partial charge in [0.2, 0.25) is 0 Å². The Hall–Kier alpha value is -0.120. The van der Waals surface area contributed by atoms with Crippen molar-refractivity contribution in [2.75, 3.05) is 52.9 Å². The summed E-state index contributed by atoms with van der Waals surface area (Å²) < 4.78 is 0. The van der Waals surface area contributed by atoms with Gasteiger partial charge in [0, 0.05) is 19.6 Å². The minimum absolute atomic E-state index is 0.721. The van der Waals surface area contributed by atoms with Gasteiger partial charge in [-0.25, -0.2) is 0 Å². The zero-order valence-electron chi connectivity index (χ0n) is 10.5. The highest BCUT2D eigenvalue weighted by molar-refractivity contribution is 4.97. The van der Waals surface area contributed by atoms with Crippen LogP contribution < -0.4 is 5.32 Å². The SMILES string of the molecule is CN1CC2(CCN(C[C@@H]3CCNC3)CC2)C1. The van der Waals surface area contributed by atoms with E-state index in [-0.39, 0.29) is 0 Å². The monoisotopic (exact) mass is 223 g/mol. The van der Waals surface area contributed by atoms with Crippen molar-refractivity contribution in [3.05, 3.63) is 0 Å². The summed E-state index contributed by atoms with van der Waals surface area (Å²) in [5.41, 5.74) is 0.721. The van der Waals surface area contributed by atoms with E-state index in [1.54, 1.807) is 0 Å². The summed E-state index contributed by atoms with van der Waals surface area (Å²) in [5, 5.41) is 3.47. The van der Waals surface area contributed by atoms with Crippen LogP contribution >= 0.6 is 0 Å². The molecule has 1 atom stereocenters. The smallest absolute Gasteiger partial charge is 0.00484 e. The van der Waals surface area contributed by atoms with Crippen LogP contribution in [0.2, 0.25) is 0 Å². The lowest BCUT2D eigenvalue weighted by Gasteiger charge is -2.53. The van der Waals surface area contributed by atoms with Crippen LogP contribution in [0.5, 0.6) is 0 Å². The van der Waals surface area contributed by atoms with Gasteiger partial charge in [0.05, 0.1) is 0 Å². The van der Waals surface area contributed by atoms with E-state index in [1.807, 2.05) is 0 Å². The van der Waals surface area contributed by atoms with Crippen LogP contribution in [0.4, 0.5) is 0 Å². The van der Waals surface area contributed by atoms with E-state index < -0.39 is 0 Å². The number of hydrogen-bond donors (Lipinski definition) is 1. The molecule has 1 N–H and O–H groups in total. The van der Waals surface area contributed by atoms with Gasteiger partial charge in [-0.05, 0) is 63.8 Å². The second-order valence-electron chi connectivity index (χ2n) is 6.33. The summed E-state index contributed by atoms with van der Waals surface area (Å²) in [6.45, 7) is 9.25. The second kappa shape index (κ2) is 4.28. The molecule has 3 fully saturated rings. The Morgan fingerprint density at radius 2 is 2.00 bits per heavy atom. The third-order valence-electron chi connectivity index (χ3n) is 4.81. The molecular formula is C13H25N3. The van der Waals surface area contributed by atoms with Crippen LogP contribution in [0.3, 0.4) is 0 Å². The van der Waals surface area contributed by atoms with Gasteiger partial charge in [0.1, 0.15) is 0 Å². The first-order valence-corrected chi connectivity index (χ1v) is 6.87. The molecular weight excluding hydrogens is 198 g/mol. The summed E-state index contributed by atoms with van der Waals surface area (Å²) >= 11 is 0. The average Bonchev–Trinajstić information content (AvgIpc) is 2.72. The molecule has 0 amide bonds. The van der Waals surface area contributed by atoms with Gasteiger partial charge in [-0.2, -0.15) is 0 Å². The van der Waals surface area contributed by atoms with Crippen LogP contribution in [0.15, 0.2) is 0 Å². The lowest BCUT2D eigenvalue weighted by atomic mass is 9.72. The van der Waals surface area contributed by atoms with E-state index >= 15 is 0 Å². The quantitative estimate of drug-likeness (QED) is 0.740. The number of likely N-dealkylation sites (tertiary alicyclic amines) is 2. The maximum absolute atomic E-state index is 3.47. The maximum atomic E-state index is 3.47. The Balaban J connectivity index is 1.44. The standard InChI is InChI=1S/C13H25N3/c1-15-10-13(11-15)3-6-16(7-4-13)9-12-2-5-14-8-12/h12,14H,2-11H2,1H3/t12-/m1/s1. The minimum atomic E-state index is 0.721. The van der Waals surface area contributed by atoms with Crippen LogP contribution in [-0.4, -0.2) is 62.7 Å². The molecule has 3 aliphatic heterocycles. The van der Waals surface area contributed by atoms with Crippen molar-refractivity contribution >= 4 is 0 Å². The van der Waals surface area contributed by atoms with E-state index in [1.165, 1.54) is 65.1 Å². The molecule has 3 rings (SSSR count). The van der Waals surface area contributed by atoms with Crippen molar-refractivity contribution in [1.82, 2.24) is 15.1 Å². The molecule has 0 aromatic carbocycles. The van der Waals surface area contributed by atoms with Crippen LogP contribution in [0, 0.1) is 11.3 Å². The lowest BCUT2D eigenvalue weighted by Crippen LogP contribution is -2.59. The number of piperidine rings is 1. The van der Waals surface area contributed by atoms with Gasteiger partial charge < -0.3 is 15.1 Å². The highest BCUT2D eigenvalue weighted by Gasteiger charge is 2.43. The molecule has 3 heterocycles. The Labute approximate surface area is 99.2 Å². The van der Waals surface area contributed by atoms with Gasteiger partial charge in [0.25, 0.3) is 0 Å². The number of rotatable bonds is 2. The molecule has 16 heavy (non-hydrogen) atoms. The van der Waals surface area contributed by atoms with E-state index in [0.717, 1.165) is 11.3 Å². The normalized spacial score (nSPS) is 35.4. The summed E-state index contributed by atoms with van der Waals surface area (Å²) in [6.07, 6.45) is 4.28. The van der Waals surface area contributed by atoms with Crippen LogP contribution in [-0.2, 0) is 0 Å². The Kier molecular flexibility index (Phi) is 2.94. The predicted octanol–water partition coefficient (Wildman–Crippen LogP) is 0.623. The zero-order valence-corrected chi connectivity index (χ0v) is 10.5. The van der Waals surface area contributed by atoms with E-state index in [9.17, 15) is 0 Å². The van der Waals surface area contributed by atoms with Crippen LogP contribution in [0.25, 0.3) is 0 Å². The predicted molar refractivity (Wildman–Crippen MR) is 66.6 cm³/mol. The number of hydrogen-bond acceptors (Lipinski definition) is 3. The van der Waals surface area contributed by atoms with Crippen molar-refractivity contribution in [2.24, 2.45) is 11.3 Å². The number of nitrogens with zero attached hydrogens (tertiary/aromatic N) is 2. The fourth-order valence-corrected chi connectivity index (χ4v) is 3.86. The first-order chi connectivity index (χ1) is 7.76. The summed E-state index contributed by atoms with van der Waals surface area (Å²) in [5.74, 6) is 0.929. The molecule has 92 valence electrons. The summed E-state index contributed by atoms with van der Waals surface area (Å²) in [4.78, 5) is 5.18. The third kappa shape index (κ3) is 2.13. The van der Waals surface area contributed by atoms with Crippen molar-refractivity contribution in [1.29, 1.82) is 0 Å². The van der Waals surface area contributed by atoms with Crippen molar-refractivity contribution in [3.8, 4) is 0 Å². The topological polar surface area (TPSA) is 18.5 Å². The molecule has 3 aliphatic rings. The first kappa shape index (κ1) is 11.0. The summed E-state index contributed by atoms with van der Waals surface area (Å²) in [7, 11) is 2.25. The highest BCUT2D eigenvalue weighted by Crippen LogP contribution is 2.39. The fraction of sp³-hybridized carbons (Fsp3) is 1.00. The molecule has 3 heteroatoms. The molecule has 0 saturated carbocycles. The molecule has 0 aromatic rings. The Bertz CT molecular complexity index is 232. The summed E-state index contributed by atoms with van der Waals surface area (Å²) in [6, 6.07) is 0. The van der Waals surface area contributed by atoms with Gasteiger partial charge in [-0.1, -0.05) is 0 Å². The maximum Gasteiger partial charge on any atom is 0.00484 e. The molecule has 0 bridgehead atoms. The van der Waals surface area contributed by atoms with Crippen LogP contribution in [0.1, 0.15) is 19.3 Å². The number of nitrogens with one attached hydrogen (secondary N) is 1. The zero-order chi connectivity index (χ0) is 11.0. The molecule has 3 nitrogen and oxygen atoms in total. The van der Waals surface area contributed by atoms with Crippen molar-refractivity contribution in [2.45, 2.75) is 19.3 Å². The molecule has 0 unspecified atom stereocenters. The van der Waals surface area contributed by atoms with E-state index in [0.29, 0.717) is 0 Å². The molecule has 0 radical (unpaired) electrons. The minimum Gasteiger partial charge on any atom is -0.316 e. The largest absolute Gasteiger partial charge is 0.316 e. The fourth-order valence-electron chi connectivity index (χ4n) is 3.86. The van der Waals surface area contributed by atoms with Gasteiger partial charge in [0.15, 0.2) is 0 Å². The van der Waals surface area contributed by atoms with Gasteiger partial charge in [-0.15, -0.1) is 0 Å². The van der Waals surface area contributed by atoms with Crippen molar-refractivity contribution in [3.63, 3.8) is 0 Å². The first-order valence-electron chi connectivity index (χ1n) is 6.87. The molecule has 1 spiro atoms. The molecule has 0 aromatic heterocycles. The molecule has 0 aliphatic carbocycles. The van der Waals surface area contributed by atoms with Gasteiger partial charge in [-0.3, -0.25) is 0 Å². The second-order valence-corrected chi connectivity index (χ2v) is 6.33. The third-order valence-corrected chi connectivity index (χ3v) is 4.81. The Morgan fingerprint density at radius 1 is 1.25 bits per heavy atom.